The summed E-state index contributed by atoms with van der Waals surface area (Å²) in [5, 5.41) is 10.2. The molecule has 0 saturated carbocycles. The summed E-state index contributed by atoms with van der Waals surface area (Å²) in [6.45, 7) is 0. The Labute approximate surface area is 117 Å². The maximum atomic E-state index is 9.24. The van der Waals surface area contributed by atoms with E-state index in [2.05, 4.69) is 37.0 Å². The highest BCUT2D eigenvalue weighted by molar-refractivity contribution is 9.10. The minimum absolute atomic E-state index is 0.365. The molecule has 0 aliphatic rings. The van der Waals surface area contributed by atoms with E-state index in [0.717, 1.165) is 10.9 Å². The number of nitrogens with zero attached hydrogens (tertiary/aromatic N) is 4. The number of rotatable bonds is 1. The average Bonchev–Trinajstić information content (AvgIpc) is 2.46. The summed E-state index contributed by atoms with van der Waals surface area (Å²) in [6.07, 6.45) is 1.45. The lowest BCUT2D eigenvalue weighted by molar-refractivity contribution is 1.14. The molecule has 2 heterocycles. The topological polar surface area (TPSA) is 62.5 Å². The van der Waals surface area contributed by atoms with Gasteiger partial charge in [0, 0.05) is 10.9 Å². The Morgan fingerprint density at radius 1 is 1.11 bits per heavy atom. The van der Waals surface area contributed by atoms with Crippen molar-refractivity contribution in [2.75, 3.05) is 0 Å². The van der Waals surface area contributed by atoms with Gasteiger partial charge in [0.25, 0.3) is 0 Å². The van der Waals surface area contributed by atoms with E-state index in [0.29, 0.717) is 21.6 Å². The molecular weight excluding hydrogens is 304 g/mol. The fourth-order valence-corrected chi connectivity index (χ4v) is 2.19. The lowest BCUT2D eigenvalue weighted by Gasteiger charge is -2.05. The lowest BCUT2D eigenvalue weighted by atomic mass is 10.1. The Morgan fingerprint density at radius 2 is 1.95 bits per heavy atom. The van der Waals surface area contributed by atoms with Gasteiger partial charge < -0.3 is 0 Å². The largest absolute Gasteiger partial charge is 0.236 e. The summed E-state index contributed by atoms with van der Waals surface area (Å²) in [4.78, 5) is 12.5. The molecule has 0 bridgehead atoms. The Hall–Kier alpha value is -2.32. The zero-order valence-corrected chi connectivity index (χ0v) is 11.3. The predicted molar refractivity (Wildman–Crippen MR) is 75.2 cm³/mol. The summed E-state index contributed by atoms with van der Waals surface area (Å²) in [7, 11) is 0. The summed E-state index contributed by atoms with van der Waals surface area (Å²) < 4.78 is 0.676. The Bertz CT molecular complexity index is 808. The third-order valence-electron chi connectivity index (χ3n) is 2.74. The summed E-state index contributed by atoms with van der Waals surface area (Å²) in [5.41, 5.74) is 2.56. The Morgan fingerprint density at radius 3 is 2.74 bits per heavy atom. The van der Waals surface area contributed by atoms with Gasteiger partial charge in [0.15, 0.2) is 5.69 Å². The van der Waals surface area contributed by atoms with Gasteiger partial charge in [-0.1, -0.05) is 18.2 Å². The molecule has 0 aliphatic heterocycles. The van der Waals surface area contributed by atoms with E-state index in [1.165, 1.54) is 6.33 Å². The third kappa shape index (κ3) is 2.18. The summed E-state index contributed by atoms with van der Waals surface area (Å²) in [5.74, 6) is 0. The number of nitriles is 1. The number of halogens is 1. The van der Waals surface area contributed by atoms with Crippen LogP contribution in [-0.2, 0) is 0 Å². The zero-order chi connectivity index (χ0) is 13.2. The normalized spacial score (nSPS) is 10.3. The molecule has 1 aromatic carbocycles. The van der Waals surface area contributed by atoms with Crippen LogP contribution in [0.1, 0.15) is 5.69 Å². The van der Waals surface area contributed by atoms with Gasteiger partial charge in [-0.05, 0) is 34.1 Å². The van der Waals surface area contributed by atoms with Gasteiger partial charge in [-0.25, -0.2) is 15.0 Å². The highest BCUT2D eigenvalue weighted by Crippen LogP contribution is 2.25. The lowest BCUT2D eigenvalue weighted by Crippen LogP contribution is -1.93. The smallest absolute Gasteiger partial charge is 0.150 e. The first kappa shape index (κ1) is 11.8. The highest BCUT2D eigenvalue weighted by Gasteiger charge is 2.10. The molecule has 5 heteroatoms. The van der Waals surface area contributed by atoms with E-state index < -0.39 is 0 Å². The number of hydrogen-bond acceptors (Lipinski definition) is 4. The molecule has 3 rings (SSSR count). The van der Waals surface area contributed by atoms with Crippen LogP contribution < -0.4 is 0 Å². The van der Waals surface area contributed by atoms with E-state index in [-0.39, 0.29) is 0 Å². The molecule has 3 aromatic rings. The van der Waals surface area contributed by atoms with Crippen molar-refractivity contribution < 1.29 is 0 Å². The molecule has 0 atom stereocenters. The summed E-state index contributed by atoms with van der Waals surface area (Å²) in [6, 6.07) is 13.5. The van der Waals surface area contributed by atoms with Crippen molar-refractivity contribution in [3.05, 3.63) is 53.0 Å². The first-order valence-electron chi connectivity index (χ1n) is 5.56. The van der Waals surface area contributed by atoms with E-state index in [4.69, 9.17) is 0 Å². The van der Waals surface area contributed by atoms with Crippen molar-refractivity contribution in [2.45, 2.75) is 0 Å². The van der Waals surface area contributed by atoms with Gasteiger partial charge in [0.2, 0.25) is 0 Å². The minimum Gasteiger partial charge on any atom is -0.236 e. The molecule has 90 valence electrons. The first-order chi connectivity index (χ1) is 9.28. The SMILES string of the molecule is N#Cc1nc2ccccc2cc1-c1cc(Br)ncn1. The minimum atomic E-state index is 0.365. The second kappa shape index (κ2) is 4.75. The predicted octanol–water partition coefficient (Wildman–Crippen LogP) is 3.33. The van der Waals surface area contributed by atoms with Crippen LogP contribution in [0.15, 0.2) is 47.3 Å². The molecule has 0 spiro atoms. The molecule has 0 N–H and O–H groups in total. The van der Waals surface area contributed by atoms with Gasteiger partial charge >= 0.3 is 0 Å². The van der Waals surface area contributed by atoms with Crippen molar-refractivity contribution in [1.29, 1.82) is 5.26 Å². The Balaban J connectivity index is 2.31. The molecule has 0 aliphatic carbocycles. The number of para-hydroxylation sites is 1. The highest BCUT2D eigenvalue weighted by atomic mass is 79.9. The van der Waals surface area contributed by atoms with E-state index in [9.17, 15) is 5.26 Å². The fraction of sp³-hybridized carbons (Fsp3) is 0. The van der Waals surface area contributed by atoms with Crippen molar-refractivity contribution >= 4 is 26.8 Å². The van der Waals surface area contributed by atoms with Crippen LogP contribution in [0.25, 0.3) is 22.2 Å². The fourth-order valence-electron chi connectivity index (χ4n) is 1.88. The van der Waals surface area contributed by atoms with Crippen molar-refractivity contribution in [3.8, 4) is 17.3 Å². The monoisotopic (exact) mass is 310 g/mol. The van der Waals surface area contributed by atoms with Gasteiger partial charge in [-0.3, -0.25) is 0 Å². The molecule has 2 aromatic heterocycles. The number of aromatic nitrogens is 3. The zero-order valence-electron chi connectivity index (χ0n) is 9.71. The van der Waals surface area contributed by atoms with Crippen LogP contribution in [0, 0.1) is 11.3 Å². The van der Waals surface area contributed by atoms with Crippen LogP contribution in [0.3, 0.4) is 0 Å². The first-order valence-corrected chi connectivity index (χ1v) is 6.35. The molecule has 19 heavy (non-hydrogen) atoms. The van der Waals surface area contributed by atoms with Crippen molar-refractivity contribution in [3.63, 3.8) is 0 Å². The Kier molecular flexibility index (Phi) is 2.94. The van der Waals surface area contributed by atoms with Gasteiger partial charge in [0.05, 0.1) is 11.2 Å². The quantitative estimate of drug-likeness (QED) is 0.647. The molecule has 0 saturated heterocycles. The number of hydrogen-bond donors (Lipinski definition) is 0. The van der Waals surface area contributed by atoms with Crippen LogP contribution in [0.4, 0.5) is 0 Å². The third-order valence-corrected chi connectivity index (χ3v) is 3.17. The average molecular weight is 311 g/mol. The second-order valence-corrected chi connectivity index (χ2v) is 4.73. The van der Waals surface area contributed by atoms with Crippen LogP contribution in [0.2, 0.25) is 0 Å². The maximum Gasteiger partial charge on any atom is 0.150 e. The van der Waals surface area contributed by atoms with Gasteiger partial charge in [-0.2, -0.15) is 5.26 Å². The van der Waals surface area contributed by atoms with Crippen LogP contribution >= 0.6 is 15.9 Å². The molecule has 0 amide bonds. The van der Waals surface area contributed by atoms with E-state index in [1.807, 2.05) is 30.3 Å². The number of pyridine rings is 1. The molecule has 0 radical (unpaired) electrons. The second-order valence-electron chi connectivity index (χ2n) is 3.92. The van der Waals surface area contributed by atoms with Crippen LogP contribution in [0.5, 0.6) is 0 Å². The number of benzene rings is 1. The number of fused-ring (bicyclic) bond motifs is 1. The van der Waals surface area contributed by atoms with E-state index >= 15 is 0 Å². The maximum absolute atomic E-state index is 9.24. The standard InChI is InChI=1S/C14H7BrN4/c15-14-6-12(17-8-18-14)10-5-9-3-1-2-4-11(9)19-13(10)7-16/h1-6,8H. The van der Waals surface area contributed by atoms with Gasteiger partial charge in [0.1, 0.15) is 17.0 Å². The van der Waals surface area contributed by atoms with Gasteiger partial charge in [-0.15, -0.1) is 0 Å². The van der Waals surface area contributed by atoms with Crippen LogP contribution in [-0.4, -0.2) is 15.0 Å². The molecule has 0 fully saturated rings. The van der Waals surface area contributed by atoms with Crippen molar-refractivity contribution in [2.24, 2.45) is 0 Å². The summed E-state index contributed by atoms with van der Waals surface area (Å²) >= 11 is 3.30. The van der Waals surface area contributed by atoms with Crippen molar-refractivity contribution in [1.82, 2.24) is 15.0 Å². The molecule has 4 nitrogen and oxygen atoms in total. The molecule has 0 unspecified atom stereocenters. The van der Waals surface area contributed by atoms with E-state index in [1.54, 1.807) is 6.07 Å². The molecular formula is C14H7BrN4.